The van der Waals surface area contributed by atoms with Crippen LogP contribution < -0.4 is 9.64 Å². The van der Waals surface area contributed by atoms with Gasteiger partial charge >= 0.3 is 0 Å². The van der Waals surface area contributed by atoms with Crippen molar-refractivity contribution in [2.75, 3.05) is 39.1 Å². The highest BCUT2D eigenvalue weighted by Crippen LogP contribution is 2.30. The quantitative estimate of drug-likeness (QED) is 0.485. The minimum Gasteiger partial charge on any atom is -0.507 e. The van der Waals surface area contributed by atoms with E-state index in [2.05, 4.69) is 28.7 Å². The van der Waals surface area contributed by atoms with Gasteiger partial charge in [0, 0.05) is 37.9 Å². The minimum atomic E-state index is -0.105. The molecule has 0 spiro atoms. The van der Waals surface area contributed by atoms with Crippen LogP contribution >= 0.6 is 0 Å². The van der Waals surface area contributed by atoms with E-state index < -0.39 is 0 Å². The first-order valence-corrected chi connectivity index (χ1v) is 10.6. The van der Waals surface area contributed by atoms with Gasteiger partial charge in [-0.2, -0.15) is 5.10 Å². The van der Waals surface area contributed by atoms with E-state index in [1.807, 2.05) is 44.0 Å². The number of carbonyl (C=O) groups excluding carboxylic acids is 1. The smallest absolute Gasteiger partial charge is 0.157 e. The largest absolute Gasteiger partial charge is 0.507 e. The molecule has 1 aromatic carbocycles. The Balaban J connectivity index is 1.97. The Morgan fingerprint density at radius 2 is 1.91 bits per heavy atom. The molecular weight excluding hydrogens is 406 g/mol. The van der Waals surface area contributed by atoms with E-state index >= 15 is 0 Å². The van der Waals surface area contributed by atoms with Gasteiger partial charge in [0.15, 0.2) is 6.29 Å². The second-order valence-corrected chi connectivity index (χ2v) is 8.25. The molecule has 3 aromatic rings. The fourth-order valence-electron chi connectivity index (χ4n) is 3.34. The predicted molar refractivity (Wildman–Crippen MR) is 125 cm³/mol. The van der Waals surface area contributed by atoms with Gasteiger partial charge in [0.1, 0.15) is 23.9 Å². The number of pyridine rings is 1. The second-order valence-electron chi connectivity index (χ2n) is 8.25. The predicted octanol–water partition coefficient (Wildman–Crippen LogP) is 3.62. The molecule has 3 rings (SSSR count). The third-order valence-electron chi connectivity index (χ3n) is 5.18. The summed E-state index contributed by atoms with van der Waals surface area (Å²) in [7, 11) is 6.11. The van der Waals surface area contributed by atoms with Crippen molar-refractivity contribution in [3.8, 4) is 22.9 Å². The highest BCUT2D eigenvalue weighted by molar-refractivity contribution is 5.83. The topological polar surface area (TPSA) is 83.7 Å². The van der Waals surface area contributed by atoms with Crippen molar-refractivity contribution in [2.24, 2.45) is 0 Å². The van der Waals surface area contributed by atoms with Gasteiger partial charge in [-0.3, -0.25) is 9.48 Å². The average Bonchev–Trinajstić information content (AvgIpc) is 3.26. The number of phenols is 1. The Morgan fingerprint density at radius 1 is 1.12 bits per heavy atom. The summed E-state index contributed by atoms with van der Waals surface area (Å²) in [5, 5.41) is 14.4. The van der Waals surface area contributed by atoms with Gasteiger partial charge < -0.3 is 19.6 Å². The van der Waals surface area contributed by atoms with Crippen molar-refractivity contribution in [1.82, 2.24) is 19.7 Å². The number of carbonyl (C=O) groups is 1. The van der Waals surface area contributed by atoms with Gasteiger partial charge in [0.05, 0.1) is 17.0 Å². The Kier molecular flexibility index (Phi) is 7.48. The van der Waals surface area contributed by atoms with Gasteiger partial charge in [-0.15, -0.1) is 0 Å². The zero-order valence-corrected chi connectivity index (χ0v) is 19.3. The number of ether oxygens (including phenoxy) is 1. The number of nitrogens with zero attached hydrogens (tertiary/aromatic N) is 5. The molecule has 0 amide bonds. The van der Waals surface area contributed by atoms with Gasteiger partial charge in [-0.05, 0) is 58.3 Å². The van der Waals surface area contributed by atoms with Gasteiger partial charge in [-0.25, -0.2) is 4.98 Å². The molecule has 32 heavy (non-hydrogen) atoms. The first-order valence-electron chi connectivity index (χ1n) is 10.6. The van der Waals surface area contributed by atoms with Crippen LogP contribution in [-0.4, -0.2) is 65.3 Å². The summed E-state index contributed by atoms with van der Waals surface area (Å²) >= 11 is 0. The van der Waals surface area contributed by atoms with Gasteiger partial charge in [0.25, 0.3) is 0 Å². The Morgan fingerprint density at radius 3 is 2.59 bits per heavy atom. The van der Waals surface area contributed by atoms with Crippen LogP contribution in [0.3, 0.4) is 0 Å². The van der Waals surface area contributed by atoms with E-state index in [-0.39, 0.29) is 24.0 Å². The van der Waals surface area contributed by atoms with Crippen molar-refractivity contribution in [3.05, 3.63) is 53.7 Å². The molecule has 0 fully saturated rings. The van der Waals surface area contributed by atoms with Crippen molar-refractivity contribution in [2.45, 2.75) is 26.5 Å². The summed E-state index contributed by atoms with van der Waals surface area (Å²) in [4.78, 5) is 20.6. The summed E-state index contributed by atoms with van der Waals surface area (Å²) in [5.41, 5.74) is 2.66. The monoisotopic (exact) mass is 437 g/mol. The lowest BCUT2D eigenvalue weighted by Crippen LogP contribution is -2.29. The van der Waals surface area contributed by atoms with E-state index in [4.69, 9.17) is 9.72 Å². The molecule has 170 valence electrons. The van der Waals surface area contributed by atoms with Gasteiger partial charge in [-0.1, -0.05) is 6.07 Å². The molecule has 0 radical (unpaired) electrons. The third-order valence-corrected chi connectivity index (χ3v) is 5.18. The summed E-state index contributed by atoms with van der Waals surface area (Å²) in [6.07, 6.45) is 2.37. The number of aromatic hydroxyl groups is 1. The van der Waals surface area contributed by atoms with Crippen molar-refractivity contribution in [1.29, 1.82) is 0 Å². The number of aldehydes is 1. The van der Waals surface area contributed by atoms with Gasteiger partial charge in [0.2, 0.25) is 0 Å². The lowest BCUT2D eigenvalue weighted by atomic mass is 10.1. The third kappa shape index (κ3) is 5.26. The lowest BCUT2D eigenvalue weighted by molar-refractivity contribution is 0.111. The first kappa shape index (κ1) is 23.3. The van der Waals surface area contributed by atoms with Crippen LogP contribution in [0.5, 0.6) is 11.5 Å². The zero-order valence-electron chi connectivity index (χ0n) is 19.3. The number of phenolic OH excluding ortho intramolecular Hbond substituents is 1. The molecule has 0 bridgehead atoms. The van der Waals surface area contributed by atoms with E-state index in [0.717, 1.165) is 35.9 Å². The zero-order chi connectivity index (χ0) is 23.3. The molecule has 2 heterocycles. The van der Waals surface area contributed by atoms with Crippen LogP contribution in [0.4, 0.5) is 5.82 Å². The fraction of sp³-hybridized carbons (Fsp3) is 0.375. The van der Waals surface area contributed by atoms with Crippen molar-refractivity contribution < 1.29 is 14.6 Å². The maximum atomic E-state index is 11.4. The van der Waals surface area contributed by atoms with E-state index in [1.54, 1.807) is 18.3 Å². The Bertz CT molecular complexity index is 1060. The molecule has 0 aliphatic carbocycles. The maximum absolute atomic E-state index is 11.4. The number of hydrogen-bond donors (Lipinski definition) is 1. The molecule has 2 aromatic heterocycles. The van der Waals surface area contributed by atoms with E-state index in [9.17, 15) is 9.90 Å². The number of anilines is 1. The summed E-state index contributed by atoms with van der Waals surface area (Å²) in [5.74, 6) is 1.08. The molecule has 0 aliphatic rings. The molecule has 0 atom stereocenters. The second kappa shape index (κ2) is 10.3. The van der Waals surface area contributed by atoms with Crippen LogP contribution in [0, 0.1) is 0 Å². The van der Waals surface area contributed by atoms with E-state index in [1.165, 1.54) is 6.07 Å². The van der Waals surface area contributed by atoms with Crippen molar-refractivity contribution >= 4 is 12.1 Å². The normalized spacial score (nSPS) is 11.2. The van der Waals surface area contributed by atoms with Crippen LogP contribution in [-0.2, 0) is 6.61 Å². The fourth-order valence-corrected chi connectivity index (χ4v) is 3.34. The molecule has 0 saturated carbocycles. The van der Waals surface area contributed by atoms with Crippen molar-refractivity contribution in [3.63, 3.8) is 0 Å². The number of aromatic nitrogens is 3. The number of hydrogen-bond acceptors (Lipinski definition) is 7. The SMILES string of the molecule is CC(C)n1nccc1-c1nc(N(C)CCN(C)C)ccc1COc1cccc(O)c1C=O. The molecule has 1 N–H and O–H groups in total. The molecule has 0 aliphatic heterocycles. The van der Waals surface area contributed by atoms with Crippen LogP contribution in [0.2, 0.25) is 0 Å². The first-order chi connectivity index (χ1) is 15.3. The summed E-state index contributed by atoms with van der Waals surface area (Å²) < 4.78 is 7.86. The van der Waals surface area contributed by atoms with Crippen LogP contribution in [0.1, 0.15) is 35.8 Å². The van der Waals surface area contributed by atoms with E-state index in [0.29, 0.717) is 12.0 Å². The standard InChI is InChI=1S/C24H31N5O3/c1-17(2)29-20(11-12-25-29)24-18(9-10-23(26-24)28(5)14-13-27(3)4)16-32-22-8-6-7-21(31)19(22)15-30/h6-12,15,17,31H,13-14,16H2,1-5H3. The number of rotatable bonds is 10. The molecular formula is C24H31N5O3. The molecule has 8 heteroatoms. The summed E-state index contributed by atoms with van der Waals surface area (Å²) in [6, 6.07) is 10.8. The Hall–Kier alpha value is -3.39. The number of likely N-dealkylation sites (N-methyl/N-ethyl adjacent to an activating group) is 2. The molecule has 0 unspecified atom stereocenters. The minimum absolute atomic E-state index is 0.105. The highest BCUT2D eigenvalue weighted by atomic mass is 16.5. The molecule has 0 saturated heterocycles. The summed E-state index contributed by atoms with van der Waals surface area (Å²) in [6.45, 7) is 6.09. The maximum Gasteiger partial charge on any atom is 0.157 e. The average molecular weight is 438 g/mol. The highest BCUT2D eigenvalue weighted by Gasteiger charge is 2.17. The molecule has 8 nitrogen and oxygen atoms in total. The van der Waals surface area contributed by atoms with Crippen LogP contribution in [0.15, 0.2) is 42.6 Å². The number of benzene rings is 1. The Labute approximate surface area is 189 Å². The van der Waals surface area contributed by atoms with Crippen LogP contribution in [0.25, 0.3) is 11.4 Å². The lowest BCUT2D eigenvalue weighted by Gasteiger charge is -2.22.